The number of carbonyl (C=O) groups is 3. The minimum atomic E-state index is -3.06. The number of carbonyl (C=O) groups excluding carboxylic acids is 3. The first kappa shape index (κ1) is 21.9. The second kappa shape index (κ2) is 10.2. The van der Waals surface area contributed by atoms with E-state index in [2.05, 4.69) is 15.4 Å². The summed E-state index contributed by atoms with van der Waals surface area (Å²) in [6, 6.07) is 7.53. The van der Waals surface area contributed by atoms with E-state index in [1.165, 1.54) is 42.7 Å². The molecule has 2 N–H and O–H groups in total. The lowest BCUT2D eigenvalue weighted by Crippen LogP contribution is -2.45. The van der Waals surface area contributed by atoms with Crippen LogP contribution in [0.15, 0.2) is 47.1 Å². The topological polar surface area (TPSA) is 107 Å². The van der Waals surface area contributed by atoms with Crippen molar-refractivity contribution in [2.24, 2.45) is 5.92 Å². The lowest BCUT2D eigenvalue weighted by molar-refractivity contribution is -0.150. The van der Waals surface area contributed by atoms with E-state index in [1.807, 2.05) is 0 Å². The van der Waals surface area contributed by atoms with Gasteiger partial charge in [-0.05, 0) is 30.2 Å². The molecule has 0 fully saturated rings. The molecule has 8 nitrogen and oxygen atoms in total. The van der Waals surface area contributed by atoms with Crippen LogP contribution >= 0.6 is 0 Å². The molecule has 10 heteroatoms. The van der Waals surface area contributed by atoms with Gasteiger partial charge in [0.15, 0.2) is 12.4 Å². The van der Waals surface area contributed by atoms with Gasteiger partial charge in [-0.15, -0.1) is 0 Å². The number of anilines is 1. The molecule has 29 heavy (non-hydrogen) atoms. The Kier molecular flexibility index (Phi) is 7.70. The number of benzene rings is 1. The highest BCUT2D eigenvalue weighted by Gasteiger charge is 2.27. The average Bonchev–Trinajstić information content (AvgIpc) is 3.20. The van der Waals surface area contributed by atoms with Crippen molar-refractivity contribution < 1.29 is 37.1 Å². The third kappa shape index (κ3) is 6.59. The summed E-state index contributed by atoms with van der Waals surface area (Å²) >= 11 is 0. The minimum Gasteiger partial charge on any atom is -0.459 e. The van der Waals surface area contributed by atoms with E-state index >= 15 is 0 Å². The maximum atomic E-state index is 12.4. The van der Waals surface area contributed by atoms with Gasteiger partial charge < -0.3 is 24.5 Å². The number of halogens is 2. The zero-order valence-corrected chi connectivity index (χ0v) is 15.7. The molecule has 0 aliphatic carbocycles. The minimum absolute atomic E-state index is 0.000352. The summed E-state index contributed by atoms with van der Waals surface area (Å²) in [5, 5.41) is 4.81. The van der Waals surface area contributed by atoms with E-state index in [0.29, 0.717) is 0 Å². The molecule has 2 aromatic rings. The molecule has 0 unspecified atom stereocenters. The van der Waals surface area contributed by atoms with Crippen LogP contribution in [0.25, 0.3) is 0 Å². The largest absolute Gasteiger partial charge is 0.459 e. The van der Waals surface area contributed by atoms with Crippen LogP contribution in [0.2, 0.25) is 0 Å². The van der Waals surface area contributed by atoms with E-state index in [-0.39, 0.29) is 23.1 Å². The van der Waals surface area contributed by atoms with Crippen LogP contribution in [0.4, 0.5) is 14.5 Å². The quantitative estimate of drug-likeness (QED) is 0.616. The number of nitrogens with one attached hydrogen (secondary N) is 2. The van der Waals surface area contributed by atoms with Gasteiger partial charge in [0.05, 0.1) is 12.0 Å². The number of amides is 2. The summed E-state index contributed by atoms with van der Waals surface area (Å²) in [7, 11) is 0. The van der Waals surface area contributed by atoms with Gasteiger partial charge >= 0.3 is 12.6 Å². The lowest BCUT2D eigenvalue weighted by atomic mass is 10.0. The van der Waals surface area contributed by atoms with Gasteiger partial charge in [0.1, 0.15) is 11.8 Å². The van der Waals surface area contributed by atoms with E-state index in [1.54, 1.807) is 13.8 Å². The highest BCUT2D eigenvalue weighted by atomic mass is 19.3. The summed E-state index contributed by atoms with van der Waals surface area (Å²) in [5.41, 5.74) is 0.000352. The standard InChI is InChI=1S/C19H20F2N2O6/c1-11(2)16(23-17(25)14-8-5-9-27-14)18(26)28-10-15(24)22-12-6-3-4-7-13(12)29-19(20)21/h3-9,11,16,19H,10H2,1-2H3,(H,22,24)(H,23,25)/t16-/m0/s1. The first-order chi connectivity index (χ1) is 13.8. The summed E-state index contributed by atoms with van der Waals surface area (Å²) in [6.07, 6.45) is 1.32. The van der Waals surface area contributed by atoms with E-state index in [9.17, 15) is 23.2 Å². The van der Waals surface area contributed by atoms with Crippen molar-refractivity contribution in [3.8, 4) is 5.75 Å². The van der Waals surface area contributed by atoms with E-state index in [0.717, 1.165) is 0 Å². The van der Waals surface area contributed by atoms with Crippen LogP contribution < -0.4 is 15.4 Å². The first-order valence-electron chi connectivity index (χ1n) is 8.62. The Bertz CT molecular complexity index is 839. The van der Waals surface area contributed by atoms with Crippen molar-refractivity contribution in [1.29, 1.82) is 0 Å². The van der Waals surface area contributed by atoms with E-state index < -0.39 is 37.0 Å². The molecule has 0 aliphatic heterocycles. The lowest BCUT2D eigenvalue weighted by Gasteiger charge is -2.20. The van der Waals surface area contributed by atoms with Gasteiger partial charge in [0, 0.05) is 0 Å². The average molecular weight is 410 g/mol. The molecule has 0 saturated carbocycles. The Morgan fingerprint density at radius 3 is 2.45 bits per heavy atom. The van der Waals surface area contributed by atoms with Crippen molar-refractivity contribution in [2.75, 3.05) is 11.9 Å². The summed E-state index contributed by atoms with van der Waals surface area (Å²) < 4.78 is 39.1. The molecule has 1 aromatic carbocycles. The van der Waals surface area contributed by atoms with Crippen LogP contribution in [-0.2, 0) is 14.3 Å². The Hall–Kier alpha value is -3.43. The van der Waals surface area contributed by atoms with Crippen LogP contribution in [0, 0.1) is 5.92 Å². The maximum absolute atomic E-state index is 12.4. The molecule has 0 bridgehead atoms. The van der Waals surface area contributed by atoms with Crippen LogP contribution in [0.3, 0.4) is 0 Å². The predicted octanol–water partition coefficient (Wildman–Crippen LogP) is 2.82. The fourth-order valence-electron chi connectivity index (χ4n) is 2.30. The predicted molar refractivity (Wildman–Crippen MR) is 97.5 cm³/mol. The zero-order valence-electron chi connectivity index (χ0n) is 15.7. The first-order valence-corrected chi connectivity index (χ1v) is 8.62. The molecule has 0 radical (unpaired) electrons. The third-order valence-corrected chi connectivity index (χ3v) is 3.67. The Balaban J connectivity index is 1.92. The zero-order chi connectivity index (χ0) is 21.4. The second-order valence-corrected chi connectivity index (χ2v) is 6.20. The molecule has 1 atom stereocenters. The van der Waals surface area contributed by atoms with Crippen LogP contribution in [-0.4, -0.2) is 37.0 Å². The van der Waals surface area contributed by atoms with Crippen molar-refractivity contribution in [2.45, 2.75) is 26.5 Å². The summed E-state index contributed by atoms with van der Waals surface area (Å²) in [5.74, 6) is -2.72. The molecule has 1 heterocycles. The summed E-state index contributed by atoms with van der Waals surface area (Å²) in [6.45, 7) is -0.365. The number of hydrogen-bond acceptors (Lipinski definition) is 6. The number of rotatable bonds is 9. The molecule has 2 amide bonds. The van der Waals surface area contributed by atoms with Gasteiger partial charge in [-0.3, -0.25) is 9.59 Å². The van der Waals surface area contributed by atoms with Gasteiger partial charge in [-0.25, -0.2) is 4.79 Å². The number of furan rings is 1. The number of esters is 1. The normalized spacial score (nSPS) is 11.8. The Morgan fingerprint density at radius 2 is 1.83 bits per heavy atom. The number of hydrogen-bond donors (Lipinski definition) is 2. The maximum Gasteiger partial charge on any atom is 0.387 e. The number of para-hydroxylation sites is 2. The molecule has 0 spiro atoms. The monoisotopic (exact) mass is 410 g/mol. The number of alkyl halides is 2. The molecular formula is C19H20F2N2O6. The van der Waals surface area contributed by atoms with Gasteiger partial charge in [-0.2, -0.15) is 8.78 Å². The van der Waals surface area contributed by atoms with Crippen molar-refractivity contribution >= 4 is 23.5 Å². The molecule has 1 aromatic heterocycles. The second-order valence-electron chi connectivity index (χ2n) is 6.20. The van der Waals surface area contributed by atoms with Gasteiger partial charge in [-0.1, -0.05) is 26.0 Å². The molecular weight excluding hydrogens is 390 g/mol. The van der Waals surface area contributed by atoms with Crippen molar-refractivity contribution in [1.82, 2.24) is 5.32 Å². The molecule has 2 rings (SSSR count). The fourth-order valence-corrected chi connectivity index (χ4v) is 2.30. The van der Waals surface area contributed by atoms with Gasteiger partial charge in [0.2, 0.25) is 0 Å². The van der Waals surface area contributed by atoms with Gasteiger partial charge in [0.25, 0.3) is 11.8 Å². The van der Waals surface area contributed by atoms with Crippen molar-refractivity contribution in [3.05, 3.63) is 48.4 Å². The third-order valence-electron chi connectivity index (χ3n) is 3.67. The van der Waals surface area contributed by atoms with Crippen molar-refractivity contribution in [3.63, 3.8) is 0 Å². The SMILES string of the molecule is CC(C)[C@H](NC(=O)c1ccco1)C(=O)OCC(=O)Nc1ccccc1OC(F)F. The van der Waals surface area contributed by atoms with Crippen LogP contribution in [0.1, 0.15) is 24.4 Å². The Morgan fingerprint density at radius 1 is 1.10 bits per heavy atom. The molecule has 0 saturated heterocycles. The van der Waals surface area contributed by atoms with E-state index in [4.69, 9.17) is 9.15 Å². The highest BCUT2D eigenvalue weighted by molar-refractivity contribution is 5.96. The number of ether oxygens (including phenoxy) is 2. The Labute approximate surface area is 165 Å². The fraction of sp³-hybridized carbons (Fsp3) is 0.316. The molecule has 0 aliphatic rings. The highest BCUT2D eigenvalue weighted by Crippen LogP contribution is 2.25. The summed E-state index contributed by atoms with van der Waals surface area (Å²) in [4.78, 5) is 36.4. The smallest absolute Gasteiger partial charge is 0.387 e. The molecule has 156 valence electrons. The van der Waals surface area contributed by atoms with Crippen LogP contribution in [0.5, 0.6) is 5.75 Å².